The fraction of sp³-hybridized carbons (Fsp3) is 0.0435. The molecule has 0 aliphatic rings. The van der Waals surface area contributed by atoms with Crippen LogP contribution in [0.5, 0.6) is 0 Å². The van der Waals surface area contributed by atoms with Gasteiger partial charge in [0, 0.05) is 43.8 Å². The molecule has 9 rings (SSSR count). The van der Waals surface area contributed by atoms with Crippen molar-refractivity contribution in [2.24, 2.45) is 0 Å². The Labute approximate surface area is 290 Å². The average Bonchev–Trinajstić information content (AvgIpc) is 3.19. The number of fused-ring (bicyclic) bond motifs is 6. The maximum absolute atomic E-state index is 9.25. The molecule has 3 heterocycles. The Hall–Kier alpha value is -6.70. The minimum atomic E-state index is 0.630. The molecule has 0 unspecified atom stereocenters. The molecular weight excluding hydrogens is 609 g/mol. The summed E-state index contributed by atoms with van der Waals surface area (Å²) in [5.41, 5.74) is 12.7. The van der Waals surface area contributed by atoms with Crippen molar-refractivity contribution in [3.8, 4) is 51.1 Å². The van der Waals surface area contributed by atoms with Crippen LogP contribution in [0.25, 0.3) is 88.4 Å². The Morgan fingerprint density at radius 1 is 0.420 bits per heavy atom. The van der Waals surface area contributed by atoms with Crippen molar-refractivity contribution >= 4 is 43.4 Å². The molecule has 0 N–H and O–H groups in total. The second kappa shape index (κ2) is 11.8. The smallest absolute Gasteiger partial charge is 0.0991 e. The summed E-state index contributed by atoms with van der Waals surface area (Å²) in [4.78, 5) is 15.8. The molecule has 6 aromatic carbocycles. The molecule has 3 aromatic heterocycles. The Bertz CT molecular complexity index is 2820. The second-order valence-corrected chi connectivity index (χ2v) is 12.7. The molecule has 0 saturated heterocycles. The third-order valence-electron chi connectivity index (χ3n) is 9.83. The zero-order chi connectivity index (χ0) is 33.8. The average molecular weight is 639 g/mol. The molecule has 4 heteroatoms. The maximum atomic E-state index is 9.25. The number of pyridine rings is 3. The first-order chi connectivity index (χ1) is 24.6. The number of aromatic nitrogens is 3. The molecule has 0 fully saturated rings. The standard InChI is InChI=1S/C46H30N4/c1-28-41-35-16-9-10-17-39(35)49-45(32-12-5-3-6-13-32)43(41)29(2)42-36-25-24-34(26-40(36)50-46(44(28)42)33-14-7-4-8-15-33)38-19-11-18-37(48-38)31-22-20-30(27-47)21-23-31/h3-26H,1-2H3. The van der Waals surface area contributed by atoms with Crippen molar-refractivity contribution in [1.82, 2.24) is 15.0 Å². The van der Waals surface area contributed by atoms with Gasteiger partial charge in [-0.1, -0.05) is 109 Å². The molecule has 0 aliphatic carbocycles. The van der Waals surface area contributed by atoms with E-state index in [0.29, 0.717) is 5.56 Å². The summed E-state index contributed by atoms with van der Waals surface area (Å²) in [6.45, 7) is 4.50. The van der Waals surface area contributed by atoms with Crippen LogP contribution < -0.4 is 0 Å². The SMILES string of the molecule is Cc1c2c(-c3ccccc3)nc3cc(-c4cccc(-c5ccc(C#N)cc5)n4)ccc3c2c(C)c2c(-c3ccccc3)nc3ccccc3c12. The molecule has 4 nitrogen and oxygen atoms in total. The number of aryl methyl sites for hydroxylation is 2. The van der Waals surface area contributed by atoms with Gasteiger partial charge in [0.2, 0.25) is 0 Å². The molecule has 0 amide bonds. The highest BCUT2D eigenvalue weighted by atomic mass is 14.7. The number of hydrogen-bond acceptors (Lipinski definition) is 4. The summed E-state index contributed by atoms with van der Waals surface area (Å²) in [5, 5.41) is 16.3. The zero-order valence-electron chi connectivity index (χ0n) is 27.6. The number of hydrogen-bond donors (Lipinski definition) is 0. The minimum absolute atomic E-state index is 0.630. The highest BCUT2D eigenvalue weighted by molar-refractivity contribution is 6.25. The lowest BCUT2D eigenvalue weighted by Gasteiger charge is -2.21. The Balaban J connectivity index is 1.36. The first-order valence-corrected chi connectivity index (χ1v) is 16.8. The van der Waals surface area contributed by atoms with E-state index in [9.17, 15) is 5.26 Å². The highest BCUT2D eigenvalue weighted by Gasteiger charge is 2.22. The molecule has 0 aliphatic heterocycles. The van der Waals surface area contributed by atoms with Crippen LogP contribution in [-0.2, 0) is 0 Å². The number of para-hydroxylation sites is 1. The van der Waals surface area contributed by atoms with Crippen LogP contribution in [-0.4, -0.2) is 15.0 Å². The third kappa shape index (κ3) is 4.71. The molecule has 0 bridgehead atoms. The zero-order valence-corrected chi connectivity index (χ0v) is 27.6. The summed E-state index contributed by atoms with van der Waals surface area (Å²) in [5.74, 6) is 0. The molecule has 9 aromatic rings. The lowest BCUT2D eigenvalue weighted by Crippen LogP contribution is -1.99. The third-order valence-corrected chi connectivity index (χ3v) is 9.83. The van der Waals surface area contributed by atoms with Crippen LogP contribution in [0.2, 0.25) is 0 Å². The largest absolute Gasteiger partial charge is 0.248 e. The summed E-state index contributed by atoms with van der Waals surface area (Å²) in [7, 11) is 0. The number of nitriles is 1. The molecule has 0 saturated carbocycles. The molecule has 0 spiro atoms. The van der Waals surface area contributed by atoms with Crippen molar-refractivity contribution in [2.75, 3.05) is 0 Å². The highest BCUT2D eigenvalue weighted by Crippen LogP contribution is 2.45. The van der Waals surface area contributed by atoms with Crippen molar-refractivity contribution < 1.29 is 0 Å². The summed E-state index contributed by atoms with van der Waals surface area (Å²) < 4.78 is 0. The maximum Gasteiger partial charge on any atom is 0.0991 e. The van der Waals surface area contributed by atoms with Crippen molar-refractivity contribution in [1.29, 1.82) is 5.26 Å². The number of nitrogens with zero attached hydrogens (tertiary/aromatic N) is 4. The van der Waals surface area contributed by atoms with Gasteiger partial charge in [-0.3, -0.25) is 0 Å². The van der Waals surface area contributed by atoms with Crippen molar-refractivity contribution in [2.45, 2.75) is 13.8 Å². The van der Waals surface area contributed by atoms with E-state index in [1.165, 1.54) is 27.3 Å². The molecule has 50 heavy (non-hydrogen) atoms. The van der Waals surface area contributed by atoms with E-state index < -0.39 is 0 Å². The molecule has 0 atom stereocenters. The fourth-order valence-electron chi connectivity index (χ4n) is 7.48. The van der Waals surface area contributed by atoms with E-state index >= 15 is 0 Å². The second-order valence-electron chi connectivity index (χ2n) is 12.7. The van der Waals surface area contributed by atoms with Gasteiger partial charge in [0.15, 0.2) is 0 Å². The van der Waals surface area contributed by atoms with Crippen LogP contribution in [0.1, 0.15) is 16.7 Å². The van der Waals surface area contributed by atoms with E-state index in [0.717, 1.165) is 72.2 Å². The molecule has 234 valence electrons. The Kier molecular flexibility index (Phi) is 6.93. The Morgan fingerprint density at radius 2 is 0.940 bits per heavy atom. The van der Waals surface area contributed by atoms with E-state index in [1.807, 2.05) is 42.5 Å². The van der Waals surface area contributed by atoms with Gasteiger partial charge in [0.05, 0.1) is 45.4 Å². The van der Waals surface area contributed by atoms with Crippen LogP contribution in [0, 0.1) is 25.2 Å². The van der Waals surface area contributed by atoms with E-state index in [4.69, 9.17) is 15.0 Å². The van der Waals surface area contributed by atoms with E-state index in [1.54, 1.807) is 0 Å². The Morgan fingerprint density at radius 3 is 1.56 bits per heavy atom. The summed E-state index contributed by atoms with van der Waals surface area (Å²) in [6, 6.07) is 51.9. The summed E-state index contributed by atoms with van der Waals surface area (Å²) in [6.07, 6.45) is 0. The number of rotatable bonds is 4. The lowest BCUT2D eigenvalue weighted by atomic mass is 9.86. The van der Waals surface area contributed by atoms with E-state index in [2.05, 4.69) is 123 Å². The topological polar surface area (TPSA) is 62.5 Å². The molecule has 0 radical (unpaired) electrons. The van der Waals surface area contributed by atoms with Gasteiger partial charge in [-0.25, -0.2) is 15.0 Å². The first kappa shape index (κ1) is 29.4. The van der Waals surface area contributed by atoms with Crippen molar-refractivity contribution in [3.63, 3.8) is 0 Å². The first-order valence-electron chi connectivity index (χ1n) is 16.8. The van der Waals surface area contributed by atoms with Crippen LogP contribution in [0.3, 0.4) is 0 Å². The monoisotopic (exact) mass is 638 g/mol. The summed E-state index contributed by atoms with van der Waals surface area (Å²) >= 11 is 0. The van der Waals surface area contributed by atoms with Crippen LogP contribution >= 0.6 is 0 Å². The fourth-order valence-corrected chi connectivity index (χ4v) is 7.48. The van der Waals surface area contributed by atoms with Gasteiger partial charge in [-0.15, -0.1) is 0 Å². The predicted octanol–water partition coefficient (Wildman–Crippen LogP) is 11.6. The minimum Gasteiger partial charge on any atom is -0.248 e. The number of benzene rings is 6. The quantitative estimate of drug-likeness (QED) is 0.142. The van der Waals surface area contributed by atoms with Gasteiger partial charge in [-0.2, -0.15) is 5.26 Å². The van der Waals surface area contributed by atoms with Gasteiger partial charge in [-0.05, 0) is 72.1 Å². The van der Waals surface area contributed by atoms with Crippen molar-refractivity contribution in [3.05, 3.63) is 162 Å². The predicted molar refractivity (Wildman–Crippen MR) is 206 cm³/mol. The van der Waals surface area contributed by atoms with Gasteiger partial charge < -0.3 is 0 Å². The lowest BCUT2D eigenvalue weighted by molar-refractivity contribution is 1.32. The van der Waals surface area contributed by atoms with Gasteiger partial charge in [0.25, 0.3) is 0 Å². The molecular formula is C46H30N4. The van der Waals surface area contributed by atoms with Crippen LogP contribution in [0.15, 0.2) is 146 Å². The van der Waals surface area contributed by atoms with Gasteiger partial charge in [0.1, 0.15) is 0 Å². The van der Waals surface area contributed by atoms with Gasteiger partial charge >= 0.3 is 0 Å². The van der Waals surface area contributed by atoms with Crippen LogP contribution in [0.4, 0.5) is 0 Å². The normalized spacial score (nSPS) is 11.4. The van der Waals surface area contributed by atoms with E-state index in [-0.39, 0.29) is 0 Å².